The van der Waals surface area contributed by atoms with Gasteiger partial charge in [0.25, 0.3) is 0 Å². The highest BCUT2D eigenvalue weighted by molar-refractivity contribution is 5.67. The van der Waals surface area contributed by atoms with Crippen molar-refractivity contribution >= 4 is 0 Å². The zero-order chi connectivity index (χ0) is 23.7. The summed E-state index contributed by atoms with van der Waals surface area (Å²) < 4.78 is 13.5. The Morgan fingerprint density at radius 3 is 2.62 bits per heavy atom. The van der Waals surface area contributed by atoms with E-state index in [1.165, 1.54) is 30.5 Å². The smallest absolute Gasteiger partial charge is 0.165 e. The van der Waals surface area contributed by atoms with Crippen molar-refractivity contribution in [3.05, 3.63) is 23.3 Å². The minimum atomic E-state index is -0.902. The number of phenolic OH excluding ortho intramolecular Hbond substituents is 1. The molecular formula is C29H39NO4. The molecule has 2 heterocycles. The molecule has 6 fully saturated rings. The molecule has 1 saturated heterocycles. The van der Waals surface area contributed by atoms with Crippen molar-refractivity contribution in [3.63, 3.8) is 0 Å². The molecule has 5 nitrogen and oxygen atoms in total. The number of nitrogens with zero attached hydrogens (tertiary/aromatic N) is 1. The van der Waals surface area contributed by atoms with E-state index in [4.69, 9.17) is 9.47 Å². The minimum absolute atomic E-state index is 0.0194. The van der Waals surface area contributed by atoms with E-state index in [2.05, 4.69) is 31.7 Å². The van der Waals surface area contributed by atoms with Gasteiger partial charge in [0.2, 0.25) is 0 Å². The second-order valence-electron chi connectivity index (χ2n) is 14.3. The van der Waals surface area contributed by atoms with Crippen molar-refractivity contribution < 1.29 is 19.7 Å². The van der Waals surface area contributed by atoms with Crippen LogP contribution >= 0.6 is 0 Å². The number of methoxy groups -OCH3 is 1. The van der Waals surface area contributed by atoms with Gasteiger partial charge in [-0.2, -0.15) is 0 Å². The van der Waals surface area contributed by atoms with Crippen LogP contribution in [0.5, 0.6) is 11.5 Å². The Morgan fingerprint density at radius 2 is 1.94 bits per heavy atom. The van der Waals surface area contributed by atoms with E-state index in [-0.39, 0.29) is 39.6 Å². The molecule has 184 valence electrons. The predicted molar refractivity (Wildman–Crippen MR) is 128 cm³/mol. The average Bonchev–Trinajstić information content (AvgIpc) is 3.64. The Hall–Kier alpha value is -1.30. The maximum atomic E-state index is 12.2. The first-order chi connectivity index (χ1) is 16.0. The Kier molecular flexibility index (Phi) is 3.37. The lowest BCUT2D eigenvalue weighted by Crippen LogP contribution is -2.78. The number of aromatic hydroxyl groups is 1. The predicted octanol–water partition coefficient (Wildman–Crippen LogP) is 4.17. The second-order valence-corrected chi connectivity index (χ2v) is 14.3. The zero-order valence-corrected chi connectivity index (χ0v) is 21.3. The van der Waals surface area contributed by atoms with Gasteiger partial charge in [-0.05, 0) is 74.8 Å². The summed E-state index contributed by atoms with van der Waals surface area (Å²) in [6.45, 7) is 9.76. The van der Waals surface area contributed by atoms with E-state index >= 15 is 0 Å². The zero-order valence-electron chi connectivity index (χ0n) is 21.3. The standard InChI is InChI=1S/C29H39NO4/c1-24(2,3)25(4,32)19-13-26-10-11-29(19,33-5)23-28(26)15-27(22(26)30(27)14-16-6-7-16)12-17-8-9-18(31)21(34-23)20(17)28/h8-9,16,19,22-23,31-32H,6-7,10-15H2,1-5H3. The van der Waals surface area contributed by atoms with Crippen LogP contribution in [-0.2, 0) is 16.6 Å². The Balaban J connectivity index is 1.38. The molecule has 3 spiro atoms. The number of aliphatic hydroxyl groups is 1. The average molecular weight is 466 g/mol. The van der Waals surface area contributed by atoms with Crippen LogP contribution < -0.4 is 4.74 Å². The summed E-state index contributed by atoms with van der Waals surface area (Å²) in [5, 5.41) is 23.2. The van der Waals surface area contributed by atoms with Crippen LogP contribution in [0.3, 0.4) is 0 Å². The van der Waals surface area contributed by atoms with Gasteiger partial charge in [0.1, 0.15) is 11.7 Å². The summed E-state index contributed by atoms with van der Waals surface area (Å²) in [5.41, 5.74) is 1.12. The summed E-state index contributed by atoms with van der Waals surface area (Å²) in [7, 11) is 1.83. The van der Waals surface area contributed by atoms with Crippen molar-refractivity contribution in [2.24, 2.45) is 22.7 Å². The van der Waals surface area contributed by atoms with Gasteiger partial charge in [0.15, 0.2) is 11.5 Å². The van der Waals surface area contributed by atoms with E-state index in [9.17, 15) is 10.2 Å². The molecule has 9 atom stereocenters. The lowest BCUT2D eigenvalue weighted by Gasteiger charge is -2.69. The number of rotatable bonds is 4. The van der Waals surface area contributed by atoms with Gasteiger partial charge in [-0.25, -0.2) is 0 Å². The van der Waals surface area contributed by atoms with E-state index < -0.39 is 11.2 Å². The van der Waals surface area contributed by atoms with E-state index in [1.54, 1.807) is 0 Å². The summed E-state index contributed by atoms with van der Waals surface area (Å²) in [5.74, 6) is 1.84. The molecular weight excluding hydrogens is 426 g/mol. The third-order valence-electron chi connectivity index (χ3n) is 12.5. The van der Waals surface area contributed by atoms with Crippen LogP contribution in [-0.4, -0.2) is 57.7 Å². The van der Waals surface area contributed by atoms with Crippen molar-refractivity contribution in [2.45, 2.75) is 107 Å². The molecule has 5 saturated carbocycles. The molecule has 34 heavy (non-hydrogen) atoms. The van der Waals surface area contributed by atoms with Crippen LogP contribution in [0.4, 0.5) is 0 Å². The van der Waals surface area contributed by atoms with Crippen LogP contribution in [0.15, 0.2) is 12.1 Å². The normalized spacial score (nSPS) is 50.4. The molecule has 8 aliphatic rings. The third-order valence-corrected chi connectivity index (χ3v) is 12.5. The first kappa shape index (κ1) is 20.8. The van der Waals surface area contributed by atoms with Gasteiger partial charge in [-0.3, -0.25) is 4.90 Å². The number of fused-ring (bicyclic) bond motifs is 2. The quantitative estimate of drug-likeness (QED) is 0.654. The summed E-state index contributed by atoms with van der Waals surface area (Å²) in [6.07, 6.45) is 7.83. The number of piperidine rings is 1. The fourth-order valence-corrected chi connectivity index (χ4v) is 10.5. The van der Waals surface area contributed by atoms with Crippen molar-refractivity contribution in [2.75, 3.05) is 13.7 Å². The number of hydrogen-bond acceptors (Lipinski definition) is 5. The highest BCUT2D eigenvalue weighted by Gasteiger charge is 2.92. The molecule has 4 bridgehead atoms. The SMILES string of the molecule is COC12CCC3(CC1C(C)(O)C(C)(C)C)C1N(CC4CC4)C14Cc1ccc(O)c5c1C3(C4)C2O5. The van der Waals surface area contributed by atoms with E-state index in [0.717, 1.165) is 43.8 Å². The largest absolute Gasteiger partial charge is 0.504 e. The Bertz CT molecular complexity index is 1140. The molecule has 6 aliphatic carbocycles. The number of hydrogen-bond donors (Lipinski definition) is 2. The number of ether oxygens (including phenoxy) is 2. The molecule has 5 heteroatoms. The van der Waals surface area contributed by atoms with Crippen LogP contribution in [0.2, 0.25) is 0 Å². The molecule has 2 N–H and O–H groups in total. The fourth-order valence-electron chi connectivity index (χ4n) is 10.5. The molecule has 2 aliphatic heterocycles. The lowest BCUT2D eigenvalue weighted by molar-refractivity contribution is -0.290. The van der Waals surface area contributed by atoms with Gasteiger partial charge in [-0.1, -0.05) is 26.8 Å². The Morgan fingerprint density at radius 1 is 1.18 bits per heavy atom. The van der Waals surface area contributed by atoms with E-state index in [0.29, 0.717) is 6.04 Å². The molecule has 9 rings (SSSR count). The van der Waals surface area contributed by atoms with Crippen LogP contribution in [0, 0.1) is 22.7 Å². The molecule has 0 amide bonds. The molecule has 9 unspecified atom stereocenters. The van der Waals surface area contributed by atoms with Gasteiger partial charge in [0, 0.05) is 47.5 Å². The number of benzene rings is 1. The maximum Gasteiger partial charge on any atom is 0.165 e. The Labute approximate surface area is 202 Å². The first-order valence-corrected chi connectivity index (χ1v) is 13.5. The van der Waals surface area contributed by atoms with Crippen LogP contribution in [0.1, 0.15) is 77.3 Å². The van der Waals surface area contributed by atoms with Crippen LogP contribution in [0.25, 0.3) is 0 Å². The summed E-state index contributed by atoms with van der Waals surface area (Å²) in [4.78, 5) is 2.88. The molecule has 0 aromatic heterocycles. The maximum absolute atomic E-state index is 12.2. The summed E-state index contributed by atoms with van der Waals surface area (Å²) >= 11 is 0. The van der Waals surface area contributed by atoms with Gasteiger partial charge in [0.05, 0.1) is 5.60 Å². The molecule has 1 aromatic rings. The van der Waals surface area contributed by atoms with Crippen molar-refractivity contribution in [3.8, 4) is 11.5 Å². The first-order valence-electron chi connectivity index (χ1n) is 13.5. The highest BCUT2D eigenvalue weighted by atomic mass is 16.6. The third kappa shape index (κ3) is 1.86. The lowest BCUT2D eigenvalue weighted by atomic mass is 9.38. The molecule has 0 radical (unpaired) electrons. The number of phenols is 1. The second kappa shape index (κ2) is 5.50. The highest BCUT2D eigenvalue weighted by Crippen LogP contribution is 2.86. The van der Waals surface area contributed by atoms with Gasteiger partial charge >= 0.3 is 0 Å². The van der Waals surface area contributed by atoms with Gasteiger partial charge < -0.3 is 19.7 Å². The van der Waals surface area contributed by atoms with Gasteiger partial charge in [-0.15, -0.1) is 0 Å². The minimum Gasteiger partial charge on any atom is -0.504 e. The topological polar surface area (TPSA) is 61.9 Å². The fraction of sp³-hybridized carbons (Fsp3) is 0.793. The monoisotopic (exact) mass is 465 g/mol. The summed E-state index contributed by atoms with van der Waals surface area (Å²) in [6, 6.07) is 4.58. The van der Waals surface area contributed by atoms with Crippen molar-refractivity contribution in [1.82, 2.24) is 4.90 Å². The van der Waals surface area contributed by atoms with E-state index in [1.807, 2.05) is 20.1 Å². The van der Waals surface area contributed by atoms with Crippen molar-refractivity contribution in [1.29, 1.82) is 0 Å². The molecule has 1 aromatic carbocycles. The number of likely N-dealkylation sites (tertiary alicyclic amines) is 1.